The fraction of sp³-hybridized carbons (Fsp3) is 0.120. The molecule has 0 spiro atoms. The molecule has 6 nitrogen and oxygen atoms in total. The van der Waals surface area contributed by atoms with E-state index in [1.165, 1.54) is 0 Å². The van der Waals surface area contributed by atoms with Gasteiger partial charge in [0.25, 0.3) is 11.8 Å². The van der Waals surface area contributed by atoms with Crippen LogP contribution in [0.2, 0.25) is 0 Å². The molecule has 4 aromatic rings. The molecule has 1 aliphatic rings. The molecule has 33 heavy (non-hydrogen) atoms. The number of benzene rings is 1. The van der Waals surface area contributed by atoms with Gasteiger partial charge in [0.05, 0.1) is 9.58 Å². The van der Waals surface area contributed by atoms with Crippen molar-refractivity contribution < 1.29 is 9.59 Å². The Bertz CT molecular complexity index is 1500. The molecule has 8 heteroatoms. The van der Waals surface area contributed by atoms with Crippen molar-refractivity contribution in [2.75, 3.05) is 6.54 Å². The van der Waals surface area contributed by atoms with Crippen LogP contribution >= 0.6 is 22.7 Å². The standard InChI is InChI=1S/C25H18N4O2S2/c1-3-28-24(30)18(15(2)19(14-26)25(28)31)12-17-13-21-22(29(17)16-8-5-4-6-9-16)27-23(33-21)20-10-7-11-32-20/h4-13H,3H2,1-2H3/b18-12-. The van der Waals surface area contributed by atoms with E-state index in [-0.39, 0.29) is 12.1 Å². The van der Waals surface area contributed by atoms with Crippen LogP contribution in [0.15, 0.2) is 70.6 Å². The molecule has 162 valence electrons. The van der Waals surface area contributed by atoms with Gasteiger partial charge < -0.3 is 0 Å². The van der Waals surface area contributed by atoms with Gasteiger partial charge in [-0.2, -0.15) is 5.26 Å². The van der Waals surface area contributed by atoms with Gasteiger partial charge in [-0.05, 0) is 55.1 Å². The number of thiophene rings is 1. The fourth-order valence-electron chi connectivity index (χ4n) is 3.92. The summed E-state index contributed by atoms with van der Waals surface area (Å²) in [6.45, 7) is 3.58. The van der Waals surface area contributed by atoms with Crippen LogP contribution in [-0.4, -0.2) is 32.8 Å². The zero-order chi connectivity index (χ0) is 23.1. The van der Waals surface area contributed by atoms with E-state index in [9.17, 15) is 14.9 Å². The molecule has 0 saturated carbocycles. The maximum Gasteiger partial charge on any atom is 0.271 e. The Hall–Kier alpha value is -3.80. The Kier molecular flexibility index (Phi) is 5.29. The molecule has 3 aromatic heterocycles. The molecule has 0 saturated heterocycles. The summed E-state index contributed by atoms with van der Waals surface area (Å²) in [5.41, 5.74) is 3.22. The number of thiazole rings is 1. The van der Waals surface area contributed by atoms with E-state index in [1.807, 2.05) is 64.5 Å². The van der Waals surface area contributed by atoms with Gasteiger partial charge in [0.1, 0.15) is 16.6 Å². The van der Waals surface area contributed by atoms with Gasteiger partial charge in [0, 0.05) is 23.5 Å². The monoisotopic (exact) mass is 470 g/mol. The predicted molar refractivity (Wildman–Crippen MR) is 131 cm³/mol. The third-order valence-electron chi connectivity index (χ3n) is 5.56. The molecule has 0 atom stereocenters. The number of fused-ring (bicyclic) bond motifs is 1. The molecular formula is C25H18N4O2S2. The number of hydrogen-bond donors (Lipinski definition) is 0. The highest BCUT2D eigenvalue weighted by Crippen LogP contribution is 2.37. The topological polar surface area (TPSA) is 79.0 Å². The van der Waals surface area contributed by atoms with Crippen molar-refractivity contribution in [1.82, 2.24) is 14.5 Å². The first-order valence-electron chi connectivity index (χ1n) is 10.3. The number of aromatic nitrogens is 2. The third-order valence-corrected chi connectivity index (χ3v) is 7.59. The summed E-state index contributed by atoms with van der Waals surface area (Å²) >= 11 is 3.24. The van der Waals surface area contributed by atoms with Crippen LogP contribution < -0.4 is 0 Å². The summed E-state index contributed by atoms with van der Waals surface area (Å²) in [4.78, 5) is 32.8. The zero-order valence-corrected chi connectivity index (χ0v) is 19.5. The van der Waals surface area contributed by atoms with Crippen LogP contribution in [0.1, 0.15) is 19.5 Å². The highest BCUT2D eigenvalue weighted by molar-refractivity contribution is 7.25. The number of nitrogens with zero attached hydrogens (tertiary/aromatic N) is 4. The maximum absolute atomic E-state index is 13.1. The highest BCUT2D eigenvalue weighted by Gasteiger charge is 2.34. The van der Waals surface area contributed by atoms with Gasteiger partial charge in [-0.3, -0.25) is 19.1 Å². The minimum absolute atomic E-state index is 0.000404. The minimum atomic E-state index is -0.540. The van der Waals surface area contributed by atoms with Crippen molar-refractivity contribution in [2.24, 2.45) is 0 Å². The number of rotatable bonds is 4. The van der Waals surface area contributed by atoms with Gasteiger partial charge in [-0.25, -0.2) is 4.98 Å². The van der Waals surface area contributed by atoms with Crippen LogP contribution in [0.3, 0.4) is 0 Å². The highest BCUT2D eigenvalue weighted by atomic mass is 32.1. The summed E-state index contributed by atoms with van der Waals surface area (Å²) in [7, 11) is 0. The minimum Gasteiger partial charge on any atom is -0.294 e. The summed E-state index contributed by atoms with van der Waals surface area (Å²) in [6.07, 6.45) is 1.76. The van der Waals surface area contributed by atoms with Gasteiger partial charge in [-0.15, -0.1) is 22.7 Å². The molecule has 5 rings (SSSR count). The van der Waals surface area contributed by atoms with Crippen LogP contribution in [0.5, 0.6) is 0 Å². The summed E-state index contributed by atoms with van der Waals surface area (Å²) < 4.78 is 3.00. The van der Waals surface area contributed by atoms with Crippen molar-refractivity contribution in [1.29, 1.82) is 5.26 Å². The van der Waals surface area contributed by atoms with Gasteiger partial charge >= 0.3 is 0 Å². The number of carbonyl (C=O) groups excluding carboxylic acids is 2. The molecule has 4 heterocycles. The Balaban J connectivity index is 1.74. The lowest BCUT2D eigenvalue weighted by atomic mass is 9.94. The first-order valence-corrected chi connectivity index (χ1v) is 12.0. The van der Waals surface area contributed by atoms with E-state index < -0.39 is 11.8 Å². The zero-order valence-electron chi connectivity index (χ0n) is 17.9. The molecule has 0 unspecified atom stereocenters. The molecule has 1 aliphatic heterocycles. The lowest BCUT2D eigenvalue weighted by Gasteiger charge is -2.26. The Morgan fingerprint density at radius 3 is 2.58 bits per heavy atom. The van der Waals surface area contributed by atoms with E-state index in [0.29, 0.717) is 11.1 Å². The molecule has 0 radical (unpaired) electrons. The molecule has 0 fully saturated rings. The number of carbonyl (C=O) groups is 2. The average Bonchev–Trinajstić information content (AvgIpc) is 3.54. The first-order chi connectivity index (χ1) is 16.0. The Labute approximate surface area is 198 Å². The van der Waals surface area contributed by atoms with Crippen LogP contribution in [-0.2, 0) is 9.59 Å². The average molecular weight is 471 g/mol. The van der Waals surface area contributed by atoms with E-state index >= 15 is 0 Å². The third kappa shape index (κ3) is 3.42. The lowest BCUT2D eigenvalue weighted by Crippen LogP contribution is -2.42. The molecule has 0 bridgehead atoms. The maximum atomic E-state index is 13.1. The van der Waals surface area contributed by atoms with E-state index in [4.69, 9.17) is 4.98 Å². The first kappa shape index (κ1) is 21.1. The van der Waals surface area contributed by atoms with Crippen molar-refractivity contribution in [2.45, 2.75) is 13.8 Å². The normalized spacial score (nSPS) is 15.7. The molecule has 1 aromatic carbocycles. The van der Waals surface area contributed by atoms with Crippen LogP contribution in [0.25, 0.3) is 32.0 Å². The SMILES string of the molecule is CCN1C(=O)C(C#N)=C(C)/C(=C/c2cc3sc(-c4cccs4)nc3n2-c2ccccc2)C1=O. The molecule has 2 amide bonds. The van der Waals surface area contributed by atoms with Crippen LogP contribution in [0, 0.1) is 11.3 Å². The lowest BCUT2D eigenvalue weighted by molar-refractivity contribution is -0.140. The second-order valence-corrected chi connectivity index (χ2v) is 9.43. The second-order valence-electron chi connectivity index (χ2n) is 7.45. The Morgan fingerprint density at radius 2 is 1.91 bits per heavy atom. The number of imide groups is 1. The largest absolute Gasteiger partial charge is 0.294 e. The summed E-state index contributed by atoms with van der Waals surface area (Å²) in [5.74, 6) is -0.934. The number of nitriles is 1. The molecule has 0 N–H and O–H groups in total. The van der Waals surface area contributed by atoms with Crippen molar-refractivity contribution in [3.8, 4) is 21.6 Å². The van der Waals surface area contributed by atoms with Crippen molar-refractivity contribution in [3.63, 3.8) is 0 Å². The van der Waals surface area contributed by atoms with Gasteiger partial charge in [0.15, 0.2) is 5.65 Å². The van der Waals surface area contributed by atoms with E-state index in [1.54, 1.807) is 42.6 Å². The van der Waals surface area contributed by atoms with Crippen molar-refractivity contribution in [3.05, 3.63) is 76.3 Å². The predicted octanol–water partition coefficient (Wildman–Crippen LogP) is 5.43. The van der Waals surface area contributed by atoms with E-state index in [0.717, 1.165) is 36.5 Å². The van der Waals surface area contributed by atoms with E-state index in [2.05, 4.69) is 0 Å². The number of amides is 2. The second kappa shape index (κ2) is 8.28. The molecular weight excluding hydrogens is 452 g/mol. The fourth-order valence-corrected chi connectivity index (χ4v) is 5.72. The smallest absolute Gasteiger partial charge is 0.271 e. The summed E-state index contributed by atoms with van der Waals surface area (Å²) in [6, 6.07) is 17.9. The number of likely N-dealkylation sites (N-methyl/N-ethyl adjacent to an activating group) is 1. The van der Waals surface area contributed by atoms with Crippen molar-refractivity contribution >= 4 is 50.9 Å². The van der Waals surface area contributed by atoms with Gasteiger partial charge in [0.2, 0.25) is 0 Å². The van der Waals surface area contributed by atoms with Crippen LogP contribution in [0.4, 0.5) is 0 Å². The number of para-hydroxylation sites is 1. The molecule has 0 aliphatic carbocycles. The Morgan fingerprint density at radius 1 is 1.12 bits per heavy atom. The van der Waals surface area contributed by atoms with Gasteiger partial charge in [-0.1, -0.05) is 24.3 Å². The summed E-state index contributed by atoms with van der Waals surface area (Å²) in [5, 5.41) is 12.5. The quantitative estimate of drug-likeness (QED) is 0.294. The number of hydrogen-bond acceptors (Lipinski definition) is 6.